The van der Waals surface area contributed by atoms with Crippen LogP contribution in [0.4, 0.5) is 0 Å². The van der Waals surface area contributed by atoms with Gasteiger partial charge in [-0.05, 0) is 49.6 Å². The summed E-state index contributed by atoms with van der Waals surface area (Å²) >= 11 is 0. The minimum atomic E-state index is 0.237. The van der Waals surface area contributed by atoms with Gasteiger partial charge in [-0.25, -0.2) is 0 Å². The number of hydrogen-bond acceptors (Lipinski definition) is 2. The van der Waals surface area contributed by atoms with Crippen molar-refractivity contribution in [2.24, 2.45) is 5.73 Å². The molecule has 0 radical (unpaired) electrons. The molecule has 2 aromatic carbocycles. The normalized spacial score (nSPS) is 16.9. The van der Waals surface area contributed by atoms with Crippen molar-refractivity contribution in [2.75, 3.05) is 6.54 Å². The van der Waals surface area contributed by atoms with Crippen LogP contribution in [0.2, 0.25) is 0 Å². The molecule has 2 heteroatoms. The zero-order valence-corrected chi connectivity index (χ0v) is 12.1. The van der Waals surface area contributed by atoms with Crippen LogP contribution in [0.3, 0.4) is 0 Å². The first-order chi connectivity index (χ1) is 9.67. The van der Waals surface area contributed by atoms with E-state index in [0.717, 1.165) is 18.6 Å². The van der Waals surface area contributed by atoms with Gasteiger partial charge < -0.3 is 10.5 Å². The van der Waals surface area contributed by atoms with Crippen molar-refractivity contribution in [3.8, 4) is 16.9 Å². The Morgan fingerprint density at radius 2 is 1.85 bits per heavy atom. The molecule has 0 saturated carbocycles. The molecule has 0 fully saturated rings. The number of hydrogen-bond donors (Lipinski definition) is 1. The maximum absolute atomic E-state index is 6.14. The van der Waals surface area contributed by atoms with Gasteiger partial charge in [0.1, 0.15) is 11.9 Å². The summed E-state index contributed by atoms with van der Waals surface area (Å²) in [5.41, 5.74) is 12.0. The average molecular weight is 267 g/mol. The van der Waals surface area contributed by atoms with Gasteiger partial charge in [0.2, 0.25) is 0 Å². The summed E-state index contributed by atoms with van der Waals surface area (Å²) in [5.74, 6) is 1.05. The lowest BCUT2D eigenvalue weighted by atomic mass is 9.97. The fourth-order valence-corrected chi connectivity index (χ4v) is 2.89. The summed E-state index contributed by atoms with van der Waals surface area (Å²) in [6.07, 6.45) is 2.13. The van der Waals surface area contributed by atoms with Crippen LogP contribution in [0.5, 0.6) is 5.75 Å². The summed E-state index contributed by atoms with van der Waals surface area (Å²) in [4.78, 5) is 0. The SMILES string of the molecule is Cc1ccc(-c2cc(C)cc3c2OC(CCN)C3)cc1. The third-order valence-corrected chi connectivity index (χ3v) is 3.89. The molecule has 1 aliphatic rings. The number of rotatable bonds is 3. The van der Waals surface area contributed by atoms with E-state index in [-0.39, 0.29) is 6.10 Å². The second-order valence-electron chi connectivity index (χ2n) is 5.69. The smallest absolute Gasteiger partial charge is 0.130 e. The van der Waals surface area contributed by atoms with Gasteiger partial charge in [0, 0.05) is 12.0 Å². The largest absolute Gasteiger partial charge is 0.489 e. The minimum absolute atomic E-state index is 0.237. The van der Waals surface area contributed by atoms with Gasteiger partial charge in [0.05, 0.1) is 0 Å². The van der Waals surface area contributed by atoms with Crippen LogP contribution in [-0.4, -0.2) is 12.6 Å². The van der Waals surface area contributed by atoms with E-state index in [1.54, 1.807) is 0 Å². The molecule has 1 atom stereocenters. The molecule has 0 amide bonds. The van der Waals surface area contributed by atoms with E-state index in [1.165, 1.54) is 27.8 Å². The Bertz CT molecular complexity index is 616. The highest BCUT2D eigenvalue weighted by atomic mass is 16.5. The first-order valence-electron chi connectivity index (χ1n) is 7.24. The molecule has 0 aliphatic carbocycles. The second-order valence-corrected chi connectivity index (χ2v) is 5.69. The van der Waals surface area contributed by atoms with E-state index in [0.29, 0.717) is 6.54 Å². The molecule has 2 nitrogen and oxygen atoms in total. The standard InChI is InChI=1S/C18H21NO/c1-12-3-5-14(6-4-12)17-10-13(2)9-15-11-16(7-8-19)20-18(15)17/h3-6,9-10,16H,7-8,11,19H2,1-2H3. The summed E-state index contributed by atoms with van der Waals surface area (Å²) in [6, 6.07) is 13.1. The van der Waals surface area contributed by atoms with E-state index in [4.69, 9.17) is 10.5 Å². The molecule has 0 spiro atoms. The van der Waals surface area contributed by atoms with Crippen LogP contribution in [0.15, 0.2) is 36.4 Å². The van der Waals surface area contributed by atoms with Gasteiger partial charge in [-0.3, -0.25) is 0 Å². The lowest BCUT2D eigenvalue weighted by molar-refractivity contribution is 0.225. The van der Waals surface area contributed by atoms with E-state index in [1.807, 2.05) is 0 Å². The van der Waals surface area contributed by atoms with Crippen LogP contribution >= 0.6 is 0 Å². The first kappa shape index (κ1) is 13.2. The van der Waals surface area contributed by atoms with Crippen LogP contribution in [-0.2, 0) is 6.42 Å². The van der Waals surface area contributed by atoms with Crippen LogP contribution in [0.1, 0.15) is 23.1 Å². The zero-order chi connectivity index (χ0) is 14.1. The monoisotopic (exact) mass is 267 g/mol. The Hall–Kier alpha value is -1.80. The number of ether oxygens (including phenoxy) is 1. The molecule has 0 aromatic heterocycles. The summed E-state index contributed by atoms with van der Waals surface area (Å²) in [7, 11) is 0. The highest BCUT2D eigenvalue weighted by molar-refractivity contribution is 5.74. The van der Waals surface area contributed by atoms with Crippen molar-refractivity contribution >= 4 is 0 Å². The molecular formula is C18H21NO. The molecule has 104 valence electrons. The van der Waals surface area contributed by atoms with Crippen molar-refractivity contribution in [2.45, 2.75) is 32.8 Å². The van der Waals surface area contributed by atoms with E-state index < -0.39 is 0 Å². The fourth-order valence-electron chi connectivity index (χ4n) is 2.89. The number of fused-ring (bicyclic) bond motifs is 1. The molecule has 0 saturated heterocycles. The van der Waals surface area contributed by atoms with Crippen molar-refractivity contribution in [3.05, 3.63) is 53.1 Å². The van der Waals surface area contributed by atoms with Crippen LogP contribution < -0.4 is 10.5 Å². The first-order valence-corrected chi connectivity index (χ1v) is 7.24. The molecule has 1 unspecified atom stereocenters. The average Bonchev–Trinajstić information content (AvgIpc) is 2.81. The number of benzene rings is 2. The zero-order valence-electron chi connectivity index (χ0n) is 12.1. The molecule has 0 bridgehead atoms. The molecular weight excluding hydrogens is 246 g/mol. The van der Waals surface area contributed by atoms with Gasteiger partial charge >= 0.3 is 0 Å². The summed E-state index contributed by atoms with van der Waals surface area (Å²) in [6.45, 7) is 4.93. The van der Waals surface area contributed by atoms with Gasteiger partial charge in [-0.1, -0.05) is 35.9 Å². The minimum Gasteiger partial charge on any atom is -0.489 e. The molecule has 1 aliphatic heterocycles. The highest BCUT2D eigenvalue weighted by Gasteiger charge is 2.25. The molecule has 20 heavy (non-hydrogen) atoms. The Morgan fingerprint density at radius 1 is 1.10 bits per heavy atom. The van der Waals surface area contributed by atoms with E-state index >= 15 is 0 Å². The van der Waals surface area contributed by atoms with Gasteiger partial charge in [-0.2, -0.15) is 0 Å². The van der Waals surface area contributed by atoms with Gasteiger partial charge in [-0.15, -0.1) is 0 Å². The predicted molar refractivity (Wildman–Crippen MR) is 83.1 cm³/mol. The Labute approximate surface area is 120 Å². The van der Waals surface area contributed by atoms with Crippen molar-refractivity contribution in [3.63, 3.8) is 0 Å². The van der Waals surface area contributed by atoms with Crippen LogP contribution in [0.25, 0.3) is 11.1 Å². The Morgan fingerprint density at radius 3 is 2.55 bits per heavy atom. The van der Waals surface area contributed by atoms with E-state index in [2.05, 4.69) is 50.2 Å². The lowest BCUT2D eigenvalue weighted by Crippen LogP contribution is -2.17. The van der Waals surface area contributed by atoms with Crippen molar-refractivity contribution in [1.29, 1.82) is 0 Å². The lowest BCUT2D eigenvalue weighted by Gasteiger charge is -2.12. The second kappa shape index (κ2) is 5.29. The van der Waals surface area contributed by atoms with Crippen LogP contribution in [0, 0.1) is 13.8 Å². The van der Waals surface area contributed by atoms with Gasteiger partial charge in [0.25, 0.3) is 0 Å². The maximum atomic E-state index is 6.14. The Balaban J connectivity index is 2.03. The van der Waals surface area contributed by atoms with E-state index in [9.17, 15) is 0 Å². The predicted octanol–water partition coefficient (Wildman–Crippen LogP) is 3.62. The third-order valence-electron chi connectivity index (χ3n) is 3.89. The molecule has 1 heterocycles. The number of aryl methyl sites for hydroxylation is 2. The fraction of sp³-hybridized carbons (Fsp3) is 0.333. The quantitative estimate of drug-likeness (QED) is 0.921. The highest BCUT2D eigenvalue weighted by Crippen LogP contribution is 2.40. The summed E-state index contributed by atoms with van der Waals surface area (Å²) in [5, 5.41) is 0. The van der Waals surface area contributed by atoms with Crippen molar-refractivity contribution < 1.29 is 4.74 Å². The topological polar surface area (TPSA) is 35.2 Å². The van der Waals surface area contributed by atoms with Gasteiger partial charge in [0.15, 0.2) is 0 Å². The summed E-state index contributed by atoms with van der Waals surface area (Å²) < 4.78 is 6.14. The number of nitrogens with two attached hydrogens (primary N) is 1. The molecule has 2 aromatic rings. The third kappa shape index (κ3) is 2.44. The molecule has 2 N–H and O–H groups in total. The maximum Gasteiger partial charge on any atom is 0.130 e. The Kier molecular flexibility index (Phi) is 3.49. The van der Waals surface area contributed by atoms with Crippen molar-refractivity contribution in [1.82, 2.24) is 0 Å². The molecule has 3 rings (SSSR count).